The lowest BCUT2D eigenvalue weighted by atomic mass is 9.46. The average Bonchev–Trinajstić information content (AvgIpc) is 3.54. The summed E-state index contributed by atoms with van der Waals surface area (Å²) < 4.78 is 7.25. The first-order valence-electron chi connectivity index (χ1n) is 13.3. The second kappa shape index (κ2) is 7.02. The van der Waals surface area contributed by atoms with Gasteiger partial charge in [-0.25, -0.2) is 0 Å². The van der Waals surface area contributed by atoms with Crippen LogP contribution < -0.4 is 0 Å². The molecule has 4 bridgehead atoms. The van der Waals surface area contributed by atoms with E-state index in [2.05, 4.69) is 15.9 Å². The van der Waals surface area contributed by atoms with Gasteiger partial charge in [-0.1, -0.05) is 23.7 Å². The molecular weight excluding hydrogens is 460 g/mol. The Morgan fingerprint density at radius 1 is 1.14 bits per heavy atom. The number of fused-ring (bicyclic) bond motifs is 1. The maximum absolute atomic E-state index is 13.7. The molecular formula is C29H31ClN2O3. The van der Waals surface area contributed by atoms with E-state index in [0.29, 0.717) is 28.9 Å². The third-order valence-electron chi connectivity index (χ3n) is 10.4. The zero-order chi connectivity index (χ0) is 23.5. The van der Waals surface area contributed by atoms with Crippen LogP contribution in [0.1, 0.15) is 53.6 Å². The molecule has 2 aromatic rings. The number of amides is 1. The van der Waals surface area contributed by atoms with Gasteiger partial charge >= 0.3 is 0 Å². The van der Waals surface area contributed by atoms with Gasteiger partial charge in [0.05, 0.1) is 11.7 Å². The van der Waals surface area contributed by atoms with E-state index in [4.69, 9.17) is 16.3 Å². The van der Waals surface area contributed by atoms with Crippen molar-refractivity contribution < 1.29 is 14.6 Å². The van der Waals surface area contributed by atoms with Crippen molar-refractivity contribution in [1.29, 1.82) is 0 Å². The molecule has 1 amide bonds. The molecule has 0 radical (unpaired) electrons. The monoisotopic (exact) mass is 490 g/mol. The Morgan fingerprint density at radius 2 is 2.03 bits per heavy atom. The van der Waals surface area contributed by atoms with Crippen molar-refractivity contribution in [3.8, 4) is 5.75 Å². The predicted molar refractivity (Wildman–Crippen MR) is 133 cm³/mol. The quantitative estimate of drug-likeness (QED) is 0.693. The number of phenolic OH excluding ortho intramolecular Hbond substituents is 1. The third-order valence-corrected chi connectivity index (χ3v) is 10.6. The van der Waals surface area contributed by atoms with Gasteiger partial charge < -0.3 is 14.7 Å². The zero-order valence-corrected chi connectivity index (χ0v) is 20.6. The zero-order valence-electron chi connectivity index (χ0n) is 19.8. The van der Waals surface area contributed by atoms with Gasteiger partial charge in [0, 0.05) is 47.1 Å². The molecule has 0 spiro atoms. The molecule has 182 valence electrons. The van der Waals surface area contributed by atoms with Crippen molar-refractivity contribution in [3.63, 3.8) is 0 Å². The summed E-state index contributed by atoms with van der Waals surface area (Å²) in [7, 11) is 0. The standard InChI is InChI=1S/C29H31ClN2O3/c30-20-3-1-2-19(12-20)27(34)32-16-24-26-23(32)8-9-29(35-24)25-13-18-6-7-21(33)14-22(18)28(26,29)10-11-31(25)15-17-4-5-17/h1-3,6-7,12,14,17,23-26,33H,4-5,8-11,13,15-16H2/t23?,24-,25?,26?,28?,29?/m1/s1. The van der Waals surface area contributed by atoms with Gasteiger partial charge in [0.25, 0.3) is 5.91 Å². The Morgan fingerprint density at radius 3 is 2.86 bits per heavy atom. The first kappa shape index (κ1) is 21.0. The summed E-state index contributed by atoms with van der Waals surface area (Å²) in [4.78, 5) is 18.5. The molecule has 1 N–H and O–H groups in total. The van der Waals surface area contributed by atoms with E-state index < -0.39 is 0 Å². The Balaban J connectivity index is 1.24. The third kappa shape index (κ3) is 2.65. The lowest BCUT2D eigenvalue weighted by Crippen LogP contribution is -2.74. The number of hydrogen-bond acceptors (Lipinski definition) is 4. The molecule has 5 nitrogen and oxygen atoms in total. The largest absolute Gasteiger partial charge is 0.508 e. The SMILES string of the molecule is O=C(c1cccc(Cl)c1)N1C[C@H]2OC34CCC1C2C31CCN(CC2CC2)C4Cc2ccc(O)cc21. The Kier molecular flexibility index (Phi) is 4.22. The van der Waals surface area contributed by atoms with Crippen LogP contribution >= 0.6 is 11.6 Å². The van der Waals surface area contributed by atoms with Gasteiger partial charge in [-0.3, -0.25) is 9.69 Å². The minimum Gasteiger partial charge on any atom is -0.508 e. The van der Waals surface area contributed by atoms with Crippen LogP contribution in [-0.4, -0.2) is 64.2 Å². The van der Waals surface area contributed by atoms with Crippen molar-refractivity contribution in [2.75, 3.05) is 19.6 Å². The molecule has 6 atom stereocenters. The molecule has 3 aliphatic heterocycles. The van der Waals surface area contributed by atoms with Crippen LogP contribution in [-0.2, 0) is 16.6 Å². The van der Waals surface area contributed by atoms with E-state index in [1.807, 2.05) is 30.3 Å². The van der Waals surface area contributed by atoms with Crippen LogP contribution in [0, 0.1) is 11.8 Å². The van der Waals surface area contributed by atoms with E-state index in [1.165, 1.54) is 30.5 Å². The topological polar surface area (TPSA) is 53.0 Å². The van der Waals surface area contributed by atoms with Gasteiger partial charge in [-0.05, 0) is 92.4 Å². The molecule has 3 aliphatic carbocycles. The Hall–Kier alpha value is -2.08. The number of hydrogen-bond donors (Lipinski definition) is 1. The number of carbonyl (C=O) groups excluding carboxylic acids is 1. The minimum atomic E-state index is -0.210. The van der Waals surface area contributed by atoms with Crippen molar-refractivity contribution in [2.24, 2.45) is 11.8 Å². The van der Waals surface area contributed by atoms with Crippen LogP contribution in [0.4, 0.5) is 0 Å². The predicted octanol–water partition coefficient (Wildman–Crippen LogP) is 4.40. The van der Waals surface area contributed by atoms with Crippen molar-refractivity contribution in [1.82, 2.24) is 9.80 Å². The fraction of sp³-hybridized carbons (Fsp3) is 0.552. The highest BCUT2D eigenvalue weighted by atomic mass is 35.5. The maximum Gasteiger partial charge on any atom is 0.254 e. The number of phenols is 1. The highest BCUT2D eigenvalue weighted by molar-refractivity contribution is 6.30. The number of nitrogens with zero attached hydrogens (tertiary/aromatic N) is 2. The minimum absolute atomic E-state index is 0.0438. The molecule has 6 aliphatic rings. The van der Waals surface area contributed by atoms with Crippen LogP contribution in [0.15, 0.2) is 42.5 Å². The lowest BCUT2D eigenvalue weighted by molar-refractivity contribution is -0.171. The number of piperidine rings is 1. The molecule has 5 fully saturated rings. The first-order valence-corrected chi connectivity index (χ1v) is 13.7. The number of likely N-dealkylation sites (tertiary alicyclic amines) is 2. The number of carbonyl (C=O) groups is 1. The summed E-state index contributed by atoms with van der Waals surface area (Å²) >= 11 is 6.23. The summed E-state index contributed by atoms with van der Waals surface area (Å²) in [6.45, 7) is 2.92. The summed E-state index contributed by atoms with van der Waals surface area (Å²) in [6.07, 6.45) is 6.77. The van der Waals surface area contributed by atoms with E-state index in [1.54, 1.807) is 6.07 Å². The second-order valence-electron chi connectivity index (χ2n) is 11.9. The van der Waals surface area contributed by atoms with E-state index in [-0.39, 0.29) is 35.0 Å². The summed E-state index contributed by atoms with van der Waals surface area (Å²) in [6, 6.07) is 13.9. The molecule has 2 saturated carbocycles. The van der Waals surface area contributed by atoms with Crippen molar-refractivity contribution in [3.05, 3.63) is 64.2 Å². The summed E-state index contributed by atoms with van der Waals surface area (Å²) in [5.41, 5.74) is 2.98. The molecule has 3 saturated heterocycles. The number of rotatable bonds is 3. The smallest absolute Gasteiger partial charge is 0.254 e. The van der Waals surface area contributed by atoms with Gasteiger partial charge in [0.15, 0.2) is 0 Å². The van der Waals surface area contributed by atoms with E-state index >= 15 is 0 Å². The molecule has 5 unspecified atom stereocenters. The molecule has 35 heavy (non-hydrogen) atoms. The summed E-state index contributed by atoms with van der Waals surface area (Å²) in [5, 5.41) is 11.2. The van der Waals surface area contributed by atoms with Gasteiger partial charge in [0.1, 0.15) is 5.75 Å². The van der Waals surface area contributed by atoms with E-state index in [0.717, 1.165) is 38.1 Å². The Labute approximate surface area is 211 Å². The molecule has 3 heterocycles. The second-order valence-corrected chi connectivity index (χ2v) is 12.3. The van der Waals surface area contributed by atoms with Crippen LogP contribution in [0.25, 0.3) is 0 Å². The lowest BCUT2D eigenvalue weighted by Gasteiger charge is -2.64. The van der Waals surface area contributed by atoms with Gasteiger partial charge in [0.2, 0.25) is 0 Å². The average molecular weight is 491 g/mol. The molecule has 0 aromatic heterocycles. The number of ether oxygens (including phenoxy) is 1. The fourth-order valence-electron chi connectivity index (χ4n) is 9.04. The Bertz CT molecular complexity index is 1250. The maximum atomic E-state index is 13.7. The van der Waals surface area contributed by atoms with Gasteiger partial charge in [-0.2, -0.15) is 0 Å². The highest BCUT2D eigenvalue weighted by Gasteiger charge is 2.78. The van der Waals surface area contributed by atoms with E-state index in [9.17, 15) is 9.90 Å². The fourth-order valence-corrected chi connectivity index (χ4v) is 9.23. The van der Waals surface area contributed by atoms with Crippen molar-refractivity contribution >= 4 is 17.5 Å². The number of halogens is 1. The van der Waals surface area contributed by atoms with Crippen LogP contribution in [0.2, 0.25) is 5.02 Å². The highest BCUT2D eigenvalue weighted by Crippen LogP contribution is 2.69. The van der Waals surface area contributed by atoms with Crippen LogP contribution in [0.5, 0.6) is 5.75 Å². The molecule has 8 rings (SSSR count). The van der Waals surface area contributed by atoms with Crippen LogP contribution in [0.3, 0.4) is 0 Å². The van der Waals surface area contributed by atoms with Gasteiger partial charge in [-0.15, -0.1) is 0 Å². The van der Waals surface area contributed by atoms with Crippen molar-refractivity contribution in [2.45, 2.75) is 67.7 Å². The molecule has 6 heteroatoms. The summed E-state index contributed by atoms with van der Waals surface area (Å²) in [5.74, 6) is 1.53. The number of benzene rings is 2. The normalized spacial score (nSPS) is 38.8. The molecule has 2 aromatic carbocycles. The first-order chi connectivity index (χ1) is 17.0. The number of aromatic hydroxyl groups is 1.